The normalized spacial score (nSPS) is 21.4. The molecule has 0 aliphatic heterocycles. The van der Waals surface area contributed by atoms with E-state index >= 15 is 0 Å². The number of nitrogens with zero attached hydrogens (tertiary/aromatic N) is 1. The molecule has 3 N–H and O–H groups in total. The smallest absolute Gasteiger partial charge is 0.250 e. The predicted molar refractivity (Wildman–Crippen MR) is 86.8 cm³/mol. The van der Waals surface area contributed by atoms with Gasteiger partial charge in [-0.25, -0.2) is 0 Å². The van der Waals surface area contributed by atoms with Gasteiger partial charge in [-0.15, -0.1) is 12.4 Å². The number of anilines is 1. The largest absolute Gasteiger partial charge is 0.327 e. The number of carbonyl (C=O) groups excluding carboxylic acids is 1. The van der Waals surface area contributed by atoms with E-state index in [9.17, 15) is 9.59 Å². The van der Waals surface area contributed by atoms with Crippen LogP contribution in [0.2, 0.25) is 0 Å². The van der Waals surface area contributed by atoms with Gasteiger partial charge in [-0.05, 0) is 31.7 Å². The highest BCUT2D eigenvalue weighted by Gasteiger charge is 2.24. The van der Waals surface area contributed by atoms with Crippen LogP contribution >= 0.6 is 12.4 Å². The molecule has 0 radical (unpaired) electrons. The Morgan fingerprint density at radius 1 is 1.38 bits per heavy atom. The highest BCUT2D eigenvalue weighted by molar-refractivity contribution is 5.90. The van der Waals surface area contributed by atoms with Crippen molar-refractivity contribution in [1.82, 2.24) is 4.57 Å². The molecule has 2 atom stereocenters. The topological polar surface area (TPSA) is 77.1 Å². The third-order valence-electron chi connectivity index (χ3n) is 4.02. The lowest BCUT2D eigenvalue weighted by atomic mass is 9.83. The number of aryl methyl sites for hydroxylation is 1. The Balaban J connectivity index is 0.00000220. The first kappa shape index (κ1) is 17.7. The molecule has 0 spiro atoms. The lowest BCUT2D eigenvalue weighted by Gasteiger charge is -2.27. The van der Waals surface area contributed by atoms with Gasteiger partial charge in [0.1, 0.15) is 0 Å². The molecule has 1 aliphatic carbocycles. The zero-order valence-electron chi connectivity index (χ0n) is 12.4. The molecular weight excluding hydrogens is 290 g/mol. The number of pyridine rings is 1. The highest BCUT2D eigenvalue weighted by atomic mass is 35.5. The van der Waals surface area contributed by atoms with Crippen LogP contribution in [0.4, 0.5) is 5.69 Å². The summed E-state index contributed by atoms with van der Waals surface area (Å²) in [6.07, 6.45) is 6.52. The Hall–Kier alpha value is -1.33. The third kappa shape index (κ3) is 4.86. The molecule has 2 rings (SSSR count). The lowest BCUT2D eigenvalue weighted by Crippen LogP contribution is -2.35. The molecule has 0 saturated heterocycles. The van der Waals surface area contributed by atoms with E-state index in [-0.39, 0.29) is 35.8 Å². The van der Waals surface area contributed by atoms with Gasteiger partial charge in [0.05, 0.1) is 5.69 Å². The molecular formula is C15H24ClN3O2. The van der Waals surface area contributed by atoms with Crippen molar-refractivity contribution in [2.75, 3.05) is 5.32 Å². The first-order valence-electron chi connectivity index (χ1n) is 7.36. The summed E-state index contributed by atoms with van der Waals surface area (Å²) in [5.74, 6) is 0.259. The summed E-state index contributed by atoms with van der Waals surface area (Å²) in [6.45, 7) is 2.49. The monoisotopic (exact) mass is 313 g/mol. The van der Waals surface area contributed by atoms with Gasteiger partial charge in [0.15, 0.2) is 0 Å². The van der Waals surface area contributed by atoms with Gasteiger partial charge in [0.25, 0.3) is 5.56 Å². The zero-order valence-corrected chi connectivity index (χ0v) is 13.2. The molecule has 0 bridgehead atoms. The van der Waals surface area contributed by atoms with E-state index < -0.39 is 0 Å². The van der Waals surface area contributed by atoms with Crippen molar-refractivity contribution in [2.45, 2.75) is 51.6 Å². The summed E-state index contributed by atoms with van der Waals surface area (Å²) in [4.78, 5) is 23.5. The van der Waals surface area contributed by atoms with E-state index in [4.69, 9.17) is 5.73 Å². The Morgan fingerprint density at radius 3 is 2.76 bits per heavy atom. The second-order valence-corrected chi connectivity index (χ2v) is 5.50. The van der Waals surface area contributed by atoms with Crippen molar-refractivity contribution < 1.29 is 4.79 Å². The minimum atomic E-state index is -0.0557. The van der Waals surface area contributed by atoms with E-state index in [0.717, 1.165) is 19.3 Å². The molecule has 1 heterocycles. The summed E-state index contributed by atoms with van der Waals surface area (Å²) in [5, 5.41) is 2.86. The molecule has 21 heavy (non-hydrogen) atoms. The van der Waals surface area contributed by atoms with Crippen LogP contribution < -0.4 is 16.6 Å². The van der Waals surface area contributed by atoms with E-state index in [1.54, 1.807) is 16.8 Å². The molecule has 1 fully saturated rings. The second kappa shape index (κ2) is 8.20. The van der Waals surface area contributed by atoms with Gasteiger partial charge in [0.2, 0.25) is 5.91 Å². The second-order valence-electron chi connectivity index (χ2n) is 5.50. The fourth-order valence-electron chi connectivity index (χ4n) is 2.79. The third-order valence-corrected chi connectivity index (χ3v) is 4.02. The Bertz CT molecular complexity index is 530. The van der Waals surface area contributed by atoms with Crippen molar-refractivity contribution in [3.05, 3.63) is 28.7 Å². The first-order chi connectivity index (χ1) is 9.60. The van der Waals surface area contributed by atoms with Crippen LogP contribution in [0.25, 0.3) is 0 Å². The number of amides is 1. The van der Waals surface area contributed by atoms with Gasteiger partial charge in [-0.1, -0.05) is 12.8 Å². The molecule has 2 unspecified atom stereocenters. The number of hydrogen-bond donors (Lipinski definition) is 2. The summed E-state index contributed by atoms with van der Waals surface area (Å²) in [6, 6.07) is 3.26. The summed E-state index contributed by atoms with van der Waals surface area (Å²) in [7, 11) is 0. The molecule has 118 valence electrons. The van der Waals surface area contributed by atoms with Gasteiger partial charge in [0, 0.05) is 31.3 Å². The van der Waals surface area contributed by atoms with Gasteiger partial charge in [-0.2, -0.15) is 0 Å². The molecule has 5 nitrogen and oxygen atoms in total. The standard InChI is InChI=1S/C15H23N3O2.ClH/c1-2-18-10-12(7-8-15(18)20)17-14(19)9-11-5-3-4-6-13(11)16;/h7-8,10-11,13H,2-6,9,16H2,1H3,(H,17,19);1H. The quantitative estimate of drug-likeness (QED) is 0.894. The fourth-order valence-corrected chi connectivity index (χ4v) is 2.79. The van der Waals surface area contributed by atoms with Crippen LogP contribution in [0.1, 0.15) is 39.0 Å². The molecule has 6 heteroatoms. The SMILES string of the molecule is CCn1cc(NC(=O)CC2CCCCC2N)ccc1=O.Cl. The average Bonchev–Trinajstić information content (AvgIpc) is 2.43. The van der Waals surface area contributed by atoms with Crippen molar-refractivity contribution in [2.24, 2.45) is 11.7 Å². The molecule has 1 aliphatic rings. The fraction of sp³-hybridized carbons (Fsp3) is 0.600. The van der Waals surface area contributed by atoms with Gasteiger partial charge < -0.3 is 15.6 Å². The number of aromatic nitrogens is 1. The number of hydrogen-bond acceptors (Lipinski definition) is 3. The molecule has 1 aromatic heterocycles. The number of nitrogens with one attached hydrogen (secondary N) is 1. The lowest BCUT2D eigenvalue weighted by molar-refractivity contribution is -0.117. The van der Waals surface area contributed by atoms with Crippen molar-refractivity contribution in [1.29, 1.82) is 0 Å². The summed E-state index contributed by atoms with van der Waals surface area (Å²) >= 11 is 0. The zero-order chi connectivity index (χ0) is 14.5. The molecule has 1 aromatic rings. The van der Waals surface area contributed by atoms with Crippen molar-refractivity contribution in [3.8, 4) is 0 Å². The maximum absolute atomic E-state index is 12.1. The maximum Gasteiger partial charge on any atom is 0.250 e. The number of halogens is 1. The maximum atomic E-state index is 12.1. The van der Waals surface area contributed by atoms with Gasteiger partial charge >= 0.3 is 0 Å². The molecule has 0 aromatic carbocycles. The van der Waals surface area contributed by atoms with E-state index in [1.807, 2.05) is 6.92 Å². The summed E-state index contributed by atoms with van der Waals surface area (Å²) in [5.41, 5.74) is 6.67. The summed E-state index contributed by atoms with van der Waals surface area (Å²) < 4.78 is 1.57. The van der Waals surface area contributed by atoms with Gasteiger partial charge in [-0.3, -0.25) is 9.59 Å². The van der Waals surface area contributed by atoms with Crippen LogP contribution in [-0.4, -0.2) is 16.5 Å². The molecule has 1 amide bonds. The predicted octanol–water partition coefficient (Wildman–Crippen LogP) is 2.14. The van der Waals surface area contributed by atoms with E-state index in [1.165, 1.54) is 12.5 Å². The molecule has 1 saturated carbocycles. The van der Waals surface area contributed by atoms with Crippen molar-refractivity contribution >= 4 is 24.0 Å². The minimum Gasteiger partial charge on any atom is -0.327 e. The first-order valence-corrected chi connectivity index (χ1v) is 7.36. The van der Waals surface area contributed by atoms with E-state index in [2.05, 4.69) is 5.32 Å². The van der Waals surface area contributed by atoms with E-state index in [0.29, 0.717) is 18.7 Å². The van der Waals surface area contributed by atoms with Crippen LogP contribution in [-0.2, 0) is 11.3 Å². The minimum absolute atomic E-state index is 0. The van der Waals surface area contributed by atoms with Crippen LogP contribution in [0.3, 0.4) is 0 Å². The van der Waals surface area contributed by atoms with Crippen LogP contribution in [0.15, 0.2) is 23.1 Å². The van der Waals surface area contributed by atoms with Crippen LogP contribution in [0, 0.1) is 5.92 Å². The highest BCUT2D eigenvalue weighted by Crippen LogP contribution is 2.25. The van der Waals surface area contributed by atoms with Crippen LogP contribution in [0.5, 0.6) is 0 Å². The Labute approximate surface area is 131 Å². The Morgan fingerprint density at radius 2 is 2.10 bits per heavy atom. The average molecular weight is 314 g/mol. The van der Waals surface area contributed by atoms with Crippen molar-refractivity contribution in [3.63, 3.8) is 0 Å². The number of nitrogens with two attached hydrogens (primary N) is 1. The Kier molecular flexibility index (Phi) is 6.92. The number of carbonyl (C=O) groups is 1. The number of rotatable bonds is 4.